The van der Waals surface area contributed by atoms with Crippen molar-refractivity contribution in [1.29, 1.82) is 0 Å². The van der Waals surface area contributed by atoms with Gasteiger partial charge in [-0.3, -0.25) is 28.8 Å². The maximum absolute atomic E-state index is 17.9. The maximum Gasteiger partial charge on any atom is 0.303 e. The zero-order valence-corrected chi connectivity index (χ0v) is 39.6. The summed E-state index contributed by atoms with van der Waals surface area (Å²) in [6, 6.07) is 13.9. The van der Waals surface area contributed by atoms with Gasteiger partial charge in [0.1, 0.15) is 18.8 Å². The predicted molar refractivity (Wildman–Crippen MR) is 250 cm³/mol. The van der Waals surface area contributed by atoms with Crippen molar-refractivity contribution in [2.45, 2.75) is 108 Å². The average Bonchev–Trinajstić information content (AvgIpc) is 3.83. The fourth-order valence-electron chi connectivity index (χ4n) is 14.8. The standard InChI is InChI=1S/C52H58F2N8O9/c1-47-14-13-34(64)17-37(47)38(53)18-36-35-16-32-22-62(27-51(32,41(66)23-63)48(35,2)20-40(65)52(36,47)54)33-9-5-30(6-10-33)19-49-24-50(25-49,26-49)59-46(71)39(11-12-44(69)70)58-43(68)21-55-42(67)15-29-3-7-31(8-4-29)45-60-56-28-57-61-45/h3-10,13-14,17,28,32,35-36,38-40,63,65H,11-12,15-16,18-27H2,1-2H3,(H,55,67)(H,58,68)(H,59,71)(H,69,70)/t32-,35-,36-,38-,39-,40-,47-,48-,49?,50?,51+,52-/m0/s1. The van der Waals surface area contributed by atoms with Gasteiger partial charge in [0.25, 0.3) is 0 Å². The molecule has 17 nitrogen and oxygen atoms in total. The molecule has 1 aliphatic heterocycles. The number of carboxylic acids is 1. The first kappa shape index (κ1) is 48.3. The van der Waals surface area contributed by atoms with E-state index in [4.69, 9.17) is 0 Å². The van der Waals surface area contributed by atoms with Crippen LogP contribution in [-0.4, -0.2) is 127 Å². The monoisotopic (exact) mass is 976 g/mol. The molecule has 2 aromatic carbocycles. The maximum atomic E-state index is 17.9. The molecule has 0 radical (unpaired) electrons. The minimum Gasteiger partial charge on any atom is -0.481 e. The molecule has 1 aromatic heterocycles. The molecule has 374 valence electrons. The van der Waals surface area contributed by atoms with E-state index in [1.54, 1.807) is 31.2 Å². The molecule has 3 amide bonds. The molecule has 19 heteroatoms. The lowest BCUT2D eigenvalue weighted by Crippen LogP contribution is -2.76. The Kier molecular flexibility index (Phi) is 11.9. The van der Waals surface area contributed by atoms with E-state index >= 15 is 8.78 Å². The van der Waals surface area contributed by atoms with Gasteiger partial charge < -0.3 is 36.2 Å². The zero-order valence-electron chi connectivity index (χ0n) is 39.6. The van der Waals surface area contributed by atoms with Gasteiger partial charge in [0.2, 0.25) is 23.5 Å². The predicted octanol–water partition coefficient (Wildman–Crippen LogP) is 3.14. The van der Waals surface area contributed by atoms with Crippen molar-refractivity contribution in [3.8, 4) is 11.4 Å². The molecule has 7 fully saturated rings. The molecule has 0 spiro atoms. The number of ketones is 2. The molecular formula is C52H58F2N8O9. The van der Waals surface area contributed by atoms with Gasteiger partial charge in [0, 0.05) is 47.6 Å². The number of nitrogens with one attached hydrogen (secondary N) is 3. The first-order valence-corrected chi connectivity index (χ1v) is 24.4. The lowest BCUT2D eigenvalue weighted by molar-refractivity contribution is -0.210. The summed E-state index contributed by atoms with van der Waals surface area (Å²) < 4.78 is 33.9. The molecule has 10 atom stereocenters. The number of alkyl halides is 2. The number of hydrogen-bond acceptors (Lipinski definition) is 13. The summed E-state index contributed by atoms with van der Waals surface area (Å²) in [6.45, 7) is 3.07. The summed E-state index contributed by atoms with van der Waals surface area (Å²) >= 11 is 0. The number of hydrogen-bond donors (Lipinski definition) is 6. The second-order valence-corrected chi connectivity index (χ2v) is 21.9. The Morgan fingerprint density at radius 2 is 1.62 bits per heavy atom. The van der Waals surface area contributed by atoms with Crippen LogP contribution in [0.2, 0.25) is 0 Å². The van der Waals surface area contributed by atoms with Gasteiger partial charge in [0.05, 0.1) is 24.5 Å². The lowest BCUT2D eigenvalue weighted by Gasteiger charge is -2.71. The van der Waals surface area contributed by atoms with Crippen molar-refractivity contribution in [3.05, 3.63) is 89.8 Å². The minimum absolute atomic E-state index is 0.0181. The molecule has 2 heterocycles. The number of carbonyl (C=O) groups excluding carboxylic acids is 5. The minimum atomic E-state index is -2.26. The number of rotatable bonds is 16. The van der Waals surface area contributed by atoms with E-state index in [0.717, 1.165) is 17.7 Å². The molecule has 1 saturated heterocycles. The van der Waals surface area contributed by atoms with Crippen molar-refractivity contribution in [2.24, 2.45) is 39.4 Å². The largest absolute Gasteiger partial charge is 0.481 e. The number of carboxylic acid groups (broad SMARTS) is 1. The third-order valence-electron chi connectivity index (χ3n) is 17.9. The van der Waals surface area contributed by atoms with Crippen LogP contribution in [0.4, 0.5) is 14.5 Å². The SMILES string of the molecule is C[C@]12C=CC(=O)C=C1[C@@H](F)C[C@H]1[C@@H]3C[C@H]4CN(c5ccc(CC67CC(NC(=O)[C@H](CCC(=O)O)NC(=O)CNC(=O)Cc8ccc(-c9nncnn9)cc8)(C6)C7)cc5)C[C@@]4(C(=O)CO)[C@@]3(C)C[C@H](O)[C@@]12F. The summed E-state index contributed by atoms with van der Waals surface area (Å²) in [6.07, 6.45) is 4.45. The fourth-order valence-corrected chi connectivity index (χ4v) is 14.8. The van der Waals surface area contributed by atoms with Crippen LogP contribution >= 0.6 is 0 Å². The highest BCUT2D eigenvalue weighted by Crippen LogP contribution is 2.75. The topological polar surface area (TPSA) is 254 Å². The van der Waals surface area contributed by atoms with E-state index in [2.05, 4.69) is 41.2 Å². The quantitative estimate of drug-likeness (QED) is 0.121. The number of aliphatic carboxylic acids is 1. The van der Waals surface area contributed by atoms with Crippen LogP contribution in [0.3, 0.4) is 0 Å². The smallest absolute Gasteiger partial charge is 0.303 e. The van der Waals surface area contributed by atoms with Crippen molar-refractivity contribution in [3.63, 3.8) is 0 Å². The van der Waals surface area contributed by atoms with E-state index in [-0.39, 0.29) is 61.3 Å². The van der Waals surface area contributed by atoms with Gasteiger partial charge in [-0.1, -0.05) is 49.4 Å². The van der Waals surface area contributed by atoms with Crippen molar-refractivity contribution >= 4 is 40.9 Å². The number of anilines is 1. The Morgan fingerprint density at radius 1 is 0.930 bits per heavy atom. The van der Waals surface area contributed by atoms with Crippen molar-refractivity contribution in [2.75, 3.05) is 31.1 Å². The van der Waals surface area contributed by atoms with Gasteiger partial charge >= 0.3 is 5.97 Å². The number of Topliss-reactive ketones (excluding diaryl/α,β-unsaturated/α-hetero) is 1. The molecule has 2 bridgehead atoms. The normalized spacial score (nSPS) is 35.3. The molecular weight excluding hydrogens is 919 g/mol. The number of amides is 3. The van der Waals surface area contributed by atoms with Crippen LogP contribution in [0.25, 0.3) is 11.4 Å². The van der Waals surface area contributed by atoms with Crippen molar-refractivity contribution in [1.82, 2.24) is 36.3 Å². The van der Waals surface area contributed by atoms with Crippen LogP contribution in [-0.2, 0) is 41.6 Å². The highest BCUT2D eigenvalue weighted by Gasteiger charge is 2.78. The molecule has 3 aromatic rings. The Hall–Kier alpha value is -6.34. The van der Waals surface area contributed by atoms with E-state index < -0.39 is 100 Å². The molecule has 71 heavy (non-hydrogen) atoms. The molecule has 6 saturated carbocycles. The third-order valence-corrected chi connectivity index (χ3v) is 17.9. The number of allylic oxidation sites excluding steroid dienone is 4. The highest BCUT2D eigenvalue weighted by atomic mass is 19.1. The van der Waals surface area contributed by atoms with E-state index in [9.17, 15) is 44.1 Å². The second-order valence-electron chi connectivity index (χ2n) is 21.9. The Balaban J connectivity index is 0.735. The average molecular weight is 977 g/mol. The van der Waals surface area contributed by atoms with Crippen LogP contribution in [0.1, 0.15) is 76.3 Å². The van der Waals surface area contributed by atoms with Crippen LogP contribution in [0, 0.1) is 39.4 Å². The van der Waals surface area contributed by atoms with E-state index in [0.29, 0.717) is 49.2 Å². The van der Waals surface area contributed by atoms with Gasteiger partial charge in [-0.05, 0) is 122 Å². The second kappa shape index (κ2) is 17.5. The summed E-state index contributed by atoms with van der Waals surface area (Å²) in [5, 5.41) is 55.2. The number of halogens is 2. The van der Waals surface area contributed by atoms with Crippen molar-refractivity contribution < 1.29 is 52.9 Å². The number of benzene rings is 2. The first-order chi connectivity index (χ1) is 33.8. The van der Waals surface area contributed by atoms with Gasteiger partial charge in [-0.15, -0.1) is 20.4 Å². The van der Waals surface area contributed by atoms with Gasteiger partial charge in [-0.2, -0.15) is 0 Å². The Morgan fingerprint density at radius 3 is 2.30 bits per heavy atom. The van der Waals surface area contributed by atoms with Crippen LogP contribution < -0.4 is 20.9 Å². The number of nitrogens with zero attached hydrogens (tertiary/aromatic N) is 5. The van der Waals surface area contributed by atoms with E-state index in [1.165, 1.54) is 24.6 Å². The van der Waals surface area contributed by atoms with Gasteiger partial charge in [0.15, 0.2) is 23.6 Å². The lowest BCUT2D eigenvalue weighted by atomic mass is 9.38. The number of aliphatic hydroxyl groups is 2. The summed E-state index contributed by atoms with van der Waals surface area (Å²) in [5.41, 5.74) is -3.02. The zero-order chi connectivity index (χ0) is 50.3. The third kappa shape index (κ3) is 7.84. The fraction of sp³-hybridized carbons (Fsp3) is 0.538. The van der Waals surface area contributed by atoms with Gasteiger partial charge in [-0.25, -0.2) is 8.78 Å². The molecule has 0 unspecified atom stereocenters. The van der Waals surface area contributed by atoms with Crippen LogP contribution in [0.5, 0.6) is 0 Å². The van der Waals surface area contributed by atoms with E-state index in [1.807, 2.05) is 31.2 Å². The molecule has 6 N–H and O–H groups in total. The summed E-state index contributed by atoms with van der Waals surface area (Å²) in [4.78, 5) is 79.2. The summed E-state index contributed by atoms with van der Waals surface area (Å²) in [7, 11) is 0. The summed E-state index contributed by atoms with van der Waals surface area (Å²) in [5.74, 6) is -4.76. The highest BCUT2D eigenvalue weighted by molar-refractivity contribution is 6.01. The number of carbonyl (C=O) groups is 6. The number of aliphatic hydroxyl groups excluding tert-OH is 2. The first-order valence-electron chi connectivity index (χ1n) is 24.4. The number of aromatic nitrogens is 4. The molecule has 7 aliphatic carbocycles. The molecule has 11 rings (SSSR count). The Labute approximate surface area is 408 Å². The molecule has 8 aliphatic rings. The Bertz CT molecular complexity index is 2720. The van der Waals surface area contributed by atoms with Crippen LogP contribution in [0.15, 0.2) is 78.7 Å². The number of fused-ring (bicyclic) bond motifs is 7.